The van der Waals surface area contributed by atoms with Crippen molar-refractivity contribution in [3.05, 3.63) is 60.2 Å². The van der Waals surface area contributed by atoms with Crippen molar-refractivity contribution >= 4 is 35.2 Å². The number of rotatable bonds is 10. The molecule has 0 aliphatic carbocycles. The molecule has 0 spiro atoms. The van der Waals surface area contributed by atoms with E-state index in [2.05, 4.69) is 15.4 Å². The van der Waals surface area contributed by atoms with Crippen LogP contribution in [0.5, 0.6) is 5.75 Å². The van der Waals surface area contributed by atoms with E-state index < -0.39 is 35.3 Å². The highest BCUT2D eigenvalue weighted by molar-refractivity contribution is 7.99. The van der Waals surface area contributed by atoms with Gasteiger partial charge in [0.1, 0.15) is 11.8 Å². The molecule has 0 aliphatic rings. The van der Waals surface area contributed by atoms with Gasteiger partial charge in [0.2, 0.25) is 12.0 Å². The Balaban J connectivity index is 2.18. The first-order chi connectivity index (χ1) is 14.8. The maximum atomic E-state index is 13.2. The number of amides is 2. The smallest absolute Gasteiger partial charge is 0.322 e. The molecule has 3 atom stereocenters. The summed E-state index contributed by atoms with van der Waals surface area (Å²) >= 11 is 1.22. The van der Waals surface area contributed by atoms with E-state index in [0.717, 1.165) is 5.56 Å². The van der Waals surface area contributed by atoms with Gasteiger partial charge in [-0.2, -0.15) is 11.8 Å². The minimum Gasteiger partial charge on any atom is -0.468 e. The van der Waals surface area contributed by atoms with Gasteiger partial charge in [0.05, 0.1) is 12.4 Å². The van der Waals surface area contributed by atoms with Crippen LogP contribution in [0.3, 0.4) is 0 Å². The van der Waals surface area contributed by atoms with Crippen molar-refractivity contribution in [2.24, 2.45) is 5.73 Å². The lowest BCUT2D eigenvalue weighted by molar-refractivity contribution is -0.142. The molecule has 2 aromatic rings. The number of esters is 1. The molecule has 9 heteroatoms. The van der Waals surface area contributed by atoms with E-state index in [4.69, 9.17) is 10.5 Å². The Hall–Kier alpha value is -3.04. The first kappa shape index (κ1) is 24.2. The fourth-order valence-electron chi connectivity index (χ4n) is 2.76. The minimum absolute atomic E-state index is 0.0441. The lowest BCUT2D eigenvalue weighted by Crippen LogP contribution is -2.51. The highest BCUT2D eigenvalue weighted by Gasteiger charge is 2.32. The van der Waals surface area contributed by atoms with Crippen LogP contribution in [0, 0.1) is 6.92 Å². The highest BCUT2D eigenvalue weighted by Crippen LogP contribution is 2.19. The van der Waals surface area contributed by atoms with Crippen LogP contribution in [0.25, 0.3) is 0 Å². The van der Waals surface area contributed by atoms with E-state index >= 15 is 0 Å². The first-order valence-corrected chi connectivity index (χ1v) is 10.9. The Bertz CT molecular complexity index is 894. The summed E-state index contributed by atoms with van der Waals surface area (Å²) in [6.07, 6.45) is 0.482. The first-order valence-electron chi connectivity index (χ1n) is 9.60. The van der Waals surface area contributed by atoms with Crippen LogP contribution >= 0.6 is 11.8 Å². The zero-order chi connectivity index (χ0) is 22.8. The number of methoxy groups -OCH3 is 1. The molecule has 0 aromatic heterocycles. The van der Waals surface area contributed by atoms with Gasteiger partial charge in [0.25, 0.3) is 0 Å². The number of nitrogens with two attached hydrogens (primary N) is 1. The Labute approximate surface area is 185 Å². The second kappa shape index (κ2) is 12.0. The van der Waals surface area contributed by atoms with Gasteiger partial charge in [-0.25, -0.2) is 4.79 Å². The topological polar surface area (TPSA) is 120 Å². The normalized spacial score (nSPS) is 13.4. The van der Waals surface area contributed by atoms with Crippen LogP contribution in [0.1, 0.15) is 12.0 Å². The lowest BCUT2D eigenvalue weighted by atomic mass is 10.1. The Kier molecular flexibility index (Phi) is 9.36. The Morgan fingerprint density at radius 2 is 1.71 bits per heavy atom. The number of para-hydroxylation sites is 2. The fraction of sp³-hybridized carbons (Fsp3) is 0.318. The molecule has 2 amide bonds. The number of benzene rings is 2. The number of hydrogen-bond donors (Lipinski definition) is 3. The van der Waals surface area contributed by atoms with E-state index in [9.17, 15) is 14.4 Å². The number of ketones is 1. The molecule has 2 unspecified atom stereocenters. The molecule has 166 valence electrons. The summed E-state index contributed by atoms with van der Waals surface area (Å²) in [7, 11) is 1.23. The lowest BCUT2D eigenvalue weighted by Gasteiger charge is -2.24. The molecular weight excluding hydrogens is 418 g/mol. The van der Waals surface area contributed by atoms with Gasteiger partial charge >= 0.3 is 12.0 Å². The number of aryl methyl sites for hydroxylation is 1. The SMILES string of the molecule is COC(=O)[C@@H](N)CC(SC)C(=O)C(NC(=O)Nc1ccccc1C)Oc1ccccc1. The predicted octanol–water partition coefficient (Wildman–Crippen LogP) is 2.71. The summed E-state index contributed by atoms with van der Waals surface area (Å²) in [5, 5.41) is 4.61. The number of nitrogens with one attached hydrogen (secondary N) is 2. The minimum atomic E-state index is -1.28. The van der Waals surface area contributed by atoms with Gasteiger partial charge in [-0.3, -0.25) is 14.9 Å². The summed E-state index contributed by atoms with van der Waals surface area (Å²) in [5.74, 6) is -0.623. The van der Waals surface area contributed by atoms with Crippen molar-refractivity contribution in [3.63, 3.8) is 0 Å². The molecule has 2 rings (SSSR count). The molecule has 0 saturated carbocycles. The molecule has 0 fully saturated rings. The summed E-state index contributed by atoms with van der Waals surface area (Å²) in [5.41, 5.74) is 7.32. The van der Waals surface area contributed by atoms with E-state index in [1.165, 1.54) is 18.9 Å². The monoisotopic (exact) mass is 445 g/mol. The second-order valence-corrected chi connectivity index (χ2v) is 7.76. The zero-order valence-electron chi connectivity index (χ0n) is 17.7. The molecule has 0 saturated heterocycles. The van der Waals surface area contributed by atoms with E-state index in [1.54, 1.807) is 42.7 Å². The van der Waals surface area contributed by atoms with Gasteiger partial charge in [-0.1, -0.05) is 36.4 Å². The number of hydrogen-bond acceptors (Lipinski definition) is 7. The van der Waals surface area contributed by atoms with Crippen molar-refractivity contribution in [2.45, 2.75) is 30.9 Å². The quantitative estimate of drug-likeness (QED) is 0.380. The van der Waals surface area contributed by atoms with Gasteiger partial charge in [-0.05, 0) is 43.4 Å². The van der Waals surface area contributed by atoms with E-state index in [0.29, 0.717) is 11.4 Å². The van der Waals surface area contributed by atoms with Crippen LogP contribution < -0.4 is 21.1 Å². The molecule has 0 heterocycles. The standard InChI is InChI=1S/C22H27N3O5S/c1-14-9-7-8-12-17(14)24-22(28)25-20(30-15-10-5-4-6-11-15)19(26)18(31-3)13-16(23)21(27)29-2/h4-12,16,18,20H,13,23H2,1-3H3,(H2,24,25,28)/t16-,18?,20?/m0/s1. The molecule has 31 heavy (non-hydrogen) atoms. The molecule has 8 nitrogen and oxygen atoms in total. The third-order valence-corrected chi connectivity index (χ3v) is 5.48. The zero-order valence-corrected chi connectivity index (χ0v) is 18.5. The number of thioether (sulfide) groups is 1. The Morgan fingerprint density at radius 1 is 1.06 bits per heavy atom. The van der Waals surface area contributed by atoms with Crippen LogP contribution in [0.15, 0.2) is 54.6 Å². The van der Waals surface area contributed by atoms with E-state index in [-0.39, 0.29) is 6.42 Å². The number of Topliss-reactive ketones (excluding diaryl/α,β-unsaturated/α-hetero) is 1. The van der Waals surface area contributed by atoms with Gasteiger partial charge in [0, 0.05) is 5.69 Å². The largest absolute Gasteiger partial charge is 0.468 e. The van der Waals surface area contributed by atoms with Crippen molar-refractivity contribution < 1.29 is 23.9 Å². The van der Waals surface area contributed by atoms with Crippen LogP contribution in [-0.4, -0.2) is 48.7 Å². The summed E-state index contributed by atoms with van der Waals surface area (Å²) in [6, 6.07) is 14.4. The molecule has 0 aliphatic heterocycles. The highest BCUT2D eigenvalue weighted by atomic mass is 32.2. The number of carbonyl (C=O) groups excluding carboxylic acids is 3. The van der Waals surface area contributed by atoms with Gasteiger partial charge in [0.15, 0.2) is 0 Å². The number of anilines is 1. The Morgan fingerprint density at radius 3 is 2.32 bits per heavy atom. The third kappa shape index (κ3) is 7.30. The third-order valence-electron chi connectivity index (χ3n) is 4.48. The molecular formula is C22H27N3O5S. The van der Waals surface area contributed by atoms with Crippen molar-refractivity contribution in [3.8, 4) is 5.75 Å². The summed E-state index contributed by atoms with van der Waals surface area (Å²) < 4.78 is 10.4. The fourth-order valence-corrected chi connectivity index (χ4v) is 3.52. The molecule has 0 radical (unpaired) electrons. The van der Waals surface area contributed by atoms with Gasteiger partial charge in [-0.15, -0.1) is 0 Å². The second-order valence-electron chi connectivity index (χ2n) is 6.72. The van der Waals surface area contributed by atoms with Crippen molar-refractivity contribution in [2.75, 3.05) is 18.7 Å². The summed E-state index contributed by atoms with van der Waals surface area (Å²) in [6.45, 7) is 1.86. The van der Waals surface area contributed by atoms with Crippen molar-refractivity contribution in [1.82, 2.24) is 5.32 Å². The summed E-state index contributed by atoms with van der Waals surface area (Å²) in [4.78, 5) is 37.5. The molecule has 0 bridgehead atoms. The molecule has 4 N–H and O–H groups in total. The van der Waals surface area contributed by atoms with E-state index in [1.807, 2.05) is 25.1 Å². The number of urea groups is 1. The van der Waals surface area contributed by atoms with Crippen LogP contribution in [-0.2, 0) is 14.3 Å². The maximum absolute atomic E-state index is 13.2. The van der Waals surface area contributed by atoms with Crippen LogP contribution in [0.2, 0.25) is 0 Å². The number of carbonyl (C=O) groups is 3. The number of ether oxygens (including phenoxy) is 2. The predicted molar refractivity (Wildman–Crippen MR) is 121 cm³/mol. The average Bonchev–Trinajstić information content (AvgIpc) is 2.78. The maximum Gasteiger partial charge on any atom is 0.322 e. The molecule has 2 aromatic carbocycles. The van der Waals surface area contributed by atoms with Crippen LogP contribution in [0.4, 0.5) is 10.5 Å². The van der Waals surface area contributed by atoms with Crippen molar-refractivity contribution in [1.29, 1.82) is 0 Å². The van der Waals surface area contributed by atoms with Gasteiger partial charge < -0.3 is 20.5 Å². The average molecular weight is 446 g/mol.